The number of likely N-dealkylation sites (N-methyl/N-ethyl adjacent to an activating group) is 1. The predicted octanol–water partition coefficient (Wildman–Crippen LogP) is 2.02. The molecular formula is C16H19N3O2. The Kier molecular flexibility index (Phi) is 4.01. The monoisotopic (exact) mass is 285 g/mol. The van der Waals surface area contributed by atoms with Crippen molar-refractivity contribution in [2.24, 2.45) is 0 Å². The lowest BCUT2D eigenvalue weighted by atomic mass is 10.1. The fourth-order valence-corrected chi connectivity index (χ4v) is 2.63. The van der Waals surface area contributed by atoms with Crippen LogP contribution in [0.1, 0.15) is 23.0 Å². The van der Waals surface area contributed by atoms with E-state index in [1.54, 1.807) is 12.1 Å². The highest BCUT2D eigenvalue weighted by atomic mass is 16.3. The molecule has 0 spiro atoms. The first-order valence-electron chi connectivity index (χ1n) is 7.23. The molecule has 5 nitrogen and oxygen atoms in total. The lowest BCUT2D eigenvalue weighted by Gasteiger charge is -2.44. The molecule has 1 aliphatic rings. The summed E-state index contributed by atoms with van der Waals surface area (Å²) in [4.78, 5) is 20.4. The number of nitrogens with zero attached hydrogens (tertiary/aromatic N) is 3. The zero-order valence-electron chi connectivity index (χ0n) is 12.1. The summed E-state index contributed by atoms with van der Waals surface area (Å²) < 4.78 is 5.16. The van der Waals surface area contributed by atoms with Crippen LogP contribution in [0, 0.1) is 0 Å². The Morgan fingerprint density at radius 2 is 2.14 bits per heavy atom. The Morgan fingerprint density at radius 1 is 1.38 bits per heavy atom. The molecule has 0 atom stereocenters. The van der Waals surface area contributed by atoms with Gasteiger partial charge in [0, 0.05) is 38.1 Å². The van der Waals surface area contributed by atoms with E-state index in [0.29, 0.717) is 11.8 Å². The third-order valence-electron chi connectivity index (χ3n) is 3.94. The van der Waals surface area contributed by atoms with Crippen molar-refractivity contribution in [2.45, 2.75) is 19.5 Å². The Morgan fingerprint density at radius 3 is 2.76 bits per heavy atom. The molecule has 0 radical (unpaired) electrons. The molecule has 1 fully saturated rings. The van der Waals surface area contributed by atoms with Gasteiger partial charge in [0.25, 0.3) is 5.91 Å². The van der Waals surface area contributed by atoms with Gasteiger partial charge in [-0.1, -0.05) is 6.92 Å². The van der Waals surface area contributed by atoms with Crippen LogP contribution in [0.3, 0.4) is 0 Å². The summed E-state index contributed by atoms with van der Waals surface area (Å²) in [5, 5.41) is 0. The molecule has 0 aliphatic carbocycles. The SMILES string of the molecule is CCN(Cc1ccncc1)C1CN(C(=O)c2ccco2)C1. The van der Waals surface area contributed by atoms with Gasteiger partial charge in [-0.05, 0) is 36.4 Å². The van der Waals surface area contributed by atoms with Crippen LogP contribution in [0.15, 0.2) is 47.3 Å². The molecule has 1 aliphatic heterocycles. The summed E-state index contributed by atoms with van der Waals surface area (Å²) in [6, 6.07) is 7.94. The van der Waals surface area contributed by atoms with Crippen LogP contribution < -0.4 is 0 Å². The number of carbonyl (C=O) groups excluding carboxylic acids is 1. The Hall–Kier alpha value is -2.14. The molecule has 0 N–H and O–H groups in total. The maximum Gasteiger partial charge on any atom is 0.289 e. The molecule has 3 heterocycles. The van der Waals surface area contributed by atoms with Crippen LogP contribution in [0.5, 0.6) is 0 Å². The maximum absolute atomic E-state index is 12.1. The van der Waals surface area contributed by atoms with Crippen molar-refractivity contribution in [2.75, 3.05) is 19.6 Å². The number of likely N-dealkylation sites (tertiary alicyclic amines) is 1. The highest BCUT2D eigenvalue weighted by molar-refractivity contribution is 5.92. The number of hydrogen-bond donors (Lipinski definition) is 0. The van der Waals surface area contributed by atoms with Crippen LogP contribution in [0.25, 0.3) is 0 Å². The molecule has 2 aromatic heterocycles. The van der Waals surface area contributed by atoms with E-state index in [0.717, 1.165) is 26.2 Å². The van der Waals surface area contributed by atoms with E-state index in [2.05, 4.69) is 16.8 Å². The van der Waals surface area contributed by atoms with Crippen molar-refractivity contribution in [1.82, 2.24) is 14.8 Å². The summed E-state index contributed by atoms with van der Waals surface area (Å²) in [7, 11) is 0. The van der Waals surface area contributed by atoms with Crippen LogP contribution in [0.4, 0.5) is 0 Å². The fourth-order valence-electron chi connectivity index (χ4n) is 2.63. The summed E-state index contributed by atoms with van der Waals surface area (Å²) in [6.45, 7) is 5.54. The van der Waals surface area contributed by atoms with E-state index in [-0.39, 0.29) is 5.91 Å². The zero-order valence-corrected chi connectivity index (χ0v) is 12.1. The third-order valence-corrected chi connectivity index (χ3v) is 3.94. The molecule has 1 saturated heterocycles. The summed E-state index contributed by atoms with van der Waals surface area (Å²) >= 11 is 0. The maximum atomic E-state index is 12.1. The lowest BCUT2D eigenvalue weighted by molar-refractivity contribution is 0.0230. The Labute approximate surface area is 124 Å². The minimum Gasteiger partial charge on any atom is -0.459 e. The number of furan rings is 1. The van der Waals surface area contributed by atoms with Gasteiger partial charge in [-0.25, -0.2) is 0 Å². The van der Waals surface area contributed by atoms with Gasteiger partial charge in [0.2, 0.25) is 0 Å². The number of hydrogen-bond acceptors (Lipinski definition) is 4. The van der Waals surface area contributed by atoms with Gasteiger partial charge in [0.05, 0.1) is 6.26 Å². The van der Waals surface area contributed by atoms with E-state index < -0.39 is 0 Å². The Bertz CT molecular complexity index is 577. The van der Waals surface area contributed by atoms with E-state index in [1.807, 2.05) is 29.4 Å². The summed E-state index contributed by atoms with van der Waals surface area (Å²) in [6.07, 6.45) is 5.17. The van der Waals surface area contributed by atoms with Crippen LogP contribution >= 0.6 is 0 Å². The van der Waals surface area contributed by atoms with Crippen molar-refractivity contribution in [3.05, 3.63) is 54.2 Å². The molecule has 0 aromatic carbocycles. The predicted molar refractivity (Wildman–Crippen MR) is 78.7 cm³/mol. The molecule has 0 unspecified atom stereocenters. The standard InChI is InChI=1S/C16H19N3O2/c1-2-18(10-13-5-7-17-8-6-13)14-11-19(12-14)16(20)15-4-3-9-21-15/h3-9,14H,2,10-12H2,1H3. The molecule has 0 saturated carbocycles. The lowest BCUT2D eigenvalue weighted by Crippen LogP contribution is -2.60. The molecule has 2 aromatic rings. The van der Waals surface area contributed by atoms with Crippen molar-refractivity contribution in [1.29, 1.82) is 0 Å². The van der Waals surface area contributed by atoms with Crippen molar-refractivity contribution in [3.8, 4) is 0 Å². The second-order valence-electron chi connectivity index (χ2n) is 5.26. The van der Waals surface area contributed by atoms with Gasteiger partial charge >= 0.3 is 0 Å². The second kappa shape index (κ2) is 6.10. The van der Waals surface area contributed by atoms with Crippen molar-refractivity contribution >= 4 is 5.91 Å². The van der Waals surface area contributed by atoms with Crippen LogP contribution in [0.2, 0.25) is 0 Å². The van der Waals surface area contributed by atoms with Gasteiger partial charge in [0.15, 0.2) is 5.76 Å². The summed E-state index contributed by atoms with van der Waals surface area (Å²) in [5.41, 5.74) is 1.25. The average Bonchev–Trinajstić information content (AvgIpc) is 2.99. The molecule has 5 heteroatoms. The molecule has 0 bridgehead atoms. The molecule has 21 heavy (non-hydrogen) atoms. The highest BCUT2D eigenvalue weighted by Crippen LogP contribution is 2.20. The van der Waals surface area contributed by atoms with Gasteiger partial charge < -0.3 is 9.32 Å². The quantitative estimate of drug-likeness (QED) is 0.843. The minimum atomic E-state index is -0.0174. The minimum absolute atomic E-state index is 0.0174. The molecule has 3 rings (SSSR count). The van der Waals surface area contributed by atoms with Gasteiger partial charge in [-0.15, -0.1) is 0 Å². The summed E-state index contributed by atoms with van der Waals surface area (Å²) in [5.74, 6) is 0.404. The van der Waals surface area contributed by atoms with E-state index in [9.17, 15) is 4.79 Å². The van der Waals surface area contributed by atoms with Crippen molar-refractivity contribution in [3.63, 3.8) is 0 Å². The fraction of sp³-hybridized carbons (Fsp3) is 0.375. The topological polar surface area (TPSA) is 49.6 Å². The first-order chi connectivity index (χ1) is 10.3. The molecular weight excluding hydrogens is 266 g/mol. The first-order valence-corrected chi connectivity index (χ1v) is 7.23. The molecule has 1 amide bonds. The zero-order chi connectivity index (χ0) is 14.7. The smallest absolute Gasteiger partial charge is 0.289 e. The average molecular weight is 285 g/mol. The molecule has 110 valence electrons. The van der Waals surface area contributed by atoms with E-state index >= 15 is 0 Å². The van der Waals surface area contributed by atoms with Crippen LogP contribution in [-0.4, -0.2) is 46.4 Å². The number of carbonyl (C=O) groups is 1. The Balaban J connectivity index is 1.55. The van der Waals surface area contributed by atoms with Gasteiger partial charge in [-0.3, -0.25) is 14.7 Å². The third kappa shape index (κ3) is 2.97. The number of pyridine rings is 1. The second-order valence-corrected chi connectivity index (χ2v) is 5.26. The number of rotatable bonds is 5. The van der Waals surface area contributed by atoms with Crippen LogP contribution in [-0.2, 0) is 6.54 Å². The van der Waals surface area contributed by atoms with Gasteiger partial charge in [0.1, 0.15) is 0 Å². The number of aromatic nitrogens is 1. The van der Waals surface area contributed by atoms with E-state index in [4.69, 9.17) is 4.42 Å². The van der Waals surface area contributed by atoms with E-state index in [1.165, 1.54) is 11.8 Å². The van der Waals surface area contributed by atoms with Gasteiger partial charge in [-0.2, -0.15) is 0 Å². The highest BCUT2D eigenvalue weighted by Gasteiger charge is 2.35. The normalized spacial score (nSPS) is 15.2. The first kappa shape index (κ1) is 13.8. The van der Waals surface area contributed by atoms with Crippen molar-refractivity contribution < 1.29 is 9.21 Å². The largest absolute Gasteiger partial charge is 0.459 e. The number of amides is 1.